The summed E-state index contributed by atoms with van der Waals surface area (Å²) in [6.07, 6.45) is 0. The molecular weight excluding hydrogens is 254 g/mol. The highest BCUT2D eigenvalue weighted by atomic mass is 16.6. The number of nitro groups is 1. The van der Waals surface area contributed by atoms with Gasteiger partial charge in [0.15, 0.2) is 0 Å². The Labute approximate surface area is 109 Å². The second-order valence-corrected chi connectivity index (χ2v) is 4.88. The van der Waals surface area contributed by atoms with E-state index in [-0.39, 0.29) is 11.3 Å². The zero-order chi connectivity index (χ0) is 14.8. The number of ether oxygens (including phenoxy) is 1. The van der Waals surface area contributed by atoms with Crippen LogP contribution in [0.25, 0.3) is 0 Å². The summed E-state index contributed by atoms with van der Waals surface area (Å²) >= 11 is 0. The van der Waals surface area contributed by atoms with Crippen LogP contribution in [-0.2, 0) is 4.79 Å². The zero-order valence-corrected chi connectivity index (χ0v) is 10.7. The van der Waals surface area contributed by atoms with Crippen molar-refractivity contribution >= 4 is 17.6 Å². The number of hydrogen-bond donors (Lipinski definition) is 1. The smallest absolute Gasteiger partial charge is 0.335 e. The lowest BCUT2D eigenvalue weighted by atomic mass is 9.97. The Morgan fingerprint density at radius 2 is 1.89 bits per heavy atom. The number of carboxylic acid groups (broad SMARTS) is 1. The summed E-state index contributed by atoms with van der Waals surface area (Å²) in [5.41, 5.74) is -1.63. The van der Waals surface area contributed by atoms with Crippen molar-refractivity contribution in [1.29, 1.82) is 0 Å². The molecule has 102 valence electrons. The quantitative estimate of drug-likeness (QED) is 0.389. The number of benzene rings is 1. The van der Waals surface area contributed by atoms with E-state index in [1.165, 1.54) is 0 Å². The number of nitrogens with zero attached hydrogens (tertiary/aromatic N) is 1. The van der Waals surface area contributed by atoms with Crippen LogP contribution in [0.2, 0.25) is 0 Å². The number of carboxylic acids is 1. The predicted molar refractivity (Wildman–Crippen MR) is 65.1 cm³/mol. The van der Waals surface area contributed by atoms with Gasteiger partial charge < -0.3 is 9.84 Å². The van der Waals surface area contributed by atoms with Gasteiger partial charge >= 0.3 is 17.6 Å². The van der Waals surface area contributed by atoms with Crippen molar-refractivity contribution in [3.63, 3.8) is 0 Å². The van der Waals surface area contributed by atoms with E-state index in [9.17, 15) is 19.7 Å². The molecule has 0 aliphatic rings. The molecule has 0 aliphatic carbocycles. The maximum Gasteiger partial charge on any atom is 0.335 e. The number of esters is 1. The van der Waals surface area contributed by atoms with Crippen LogP contribution in [0.4, 0.5) is 5.69 Å². The lowest BCUT2D eigenvalue weighted by Gasteiger charge is -2.16. The molecule has 0 aliphatic heterocycles. The van der Waals surface area contributed by atoms with Crippen LogP contribution in [0.3, 0.4) is 0 Å². The van der Waals surface area contributed by atoms with Gasteiger partial charge in [-0.3, -0.25) is 14.9 Å². The number of carbonyl (C=O) groups is 2. The maximum absolute atomic E-state index is 11.7. The van der Waals surface area contributed by atoms with Gasteiger partial charge in [-0.1, -0.05) is 0 Å². The van der Waals surface area contributed by atoms with Crippen LogP contribution >= 0.6 is 0 Å². The van der Waals surface area contributed by atoms with Gasteiger partial charge in [0.2, 0.25) is 5.75 Å². The molecule has 19 heavy (non-hydrogen) atoms. The molecule has 7 heteroatoms. The molecule has 0 aromatic heterocycles. The summed E-state index contributed by atoms with van der Waals surface area (Å²) in [6, 6.07) is 3.10. The predicted octanol–water partition coefficient (Wildman–Crippen LogP) is 2.24. The van der Waals surface area contributed by atoms with Crippen molar-refractivity contribution in [2.45, 2.75) is 20.8 Å². The minimum atomic E-state index is -1.29. The molecule has 1 N–H and O–H groups in total. The summed E-state index contributed by atoms with van der Waals surface area (Å²) < 4.78 is 4.93. The molecule has 1 aromatic carbocycles. The SMILES string of the molecule is CC(C)(C)C(=O)Oc1ccc(C(=O)O)cc1[N+](=O)[O-]. The van der Waals surface area contributed by atoms with E-state index in [2.05, 4.69) is 0 Å². The highest BCUT2D eigenvalue weighted by Gasteiger charge is 2.27. The number of carbonyl (C=O) groups excluding carboxylic acids is 1. The molecule has 0 fully saturated rings. The first-order chi connectivity index (χ1) is 8.62. The number of hydrogen-bond acceptors (Lipinski definition) is 5. The second kappa shape index (κ2) is 5.05. The summed E-state index contributed by atoms with van der Waals surface area (Å²) in [5, 5.41) is 19.6. The monoisotopic (exact) mass is 267 g/mol. The van der Waals surface area contributed by atoms with Gasteiger partial charge in [0.1, 0.15) is 0 Å². The summed E-state index contributed by atoms with van der Waals surface area (Å²) in [6.45, 7) is 4.81. The Kier molecular flexibility index (Phi) is 3.89. The van der Waals surface area contributed by atoms with E-state index in [1.54, 1.807) is 20.8 Å². The van der Waals surface area contributed by atoms with Crippen molar-refractivity contribution < 1.29 is 24.4 Å². The Morgan fingerprint density at radius 1 is 1.32 bits per heavy atom. The third-order valence-corrected chi connectivity index (χ3v) is 2.22. The largest absolute Gasteiger partial charge is 0.478 e. The average molecular weight is 267 g/mol. The number of nitro benzene ring substituents is 1. The van der Waals surface area contributed by atoms with Gasteiger partial charge in [0.05, 0.1) is 15.9 Å². The number of rotatable bonds is 3. The molecule has 1 aromatic rings. The van der Waals surface area contributed by atoms with Crippen LogP contribution in [-0.4, -0.2) is 22.0 Å². The van der Waals surface area contributed by atoms with Crippen LogP contribution in [0.15, 0.2) is 18.2 Å². The summed E-state index contributed by atoms with van der Waals surface area (Å²) in [4.78, 5) is 32.5. The van der Waals surface area contributed by atoms with E-state index in [0.29, 0.717) is 0 Å². The molecule has 0 radical (unpaired) electrons. The number of aromatic carboxylic acids is 1. The molecule has 0 heterocycles. The van der Waals surface area contributed by atoms with Crippen molar-refractivity contribution in [2.24, 2.45) is 5.41 Å². The van der Waals surface area contributed by atoms with E-state index in [0.717, 1.165) is 18.2 Å². The fraction of sp³-hybridized carbons (Fsp3) is 0.333. The minimum Gasteiger partial charge on any atom is -0.478 e. The van der Waals surface area contributed by atoms with Crippen LogP contribution in [0.5, 0.6) is 5.75 Å². The molecule has 0 atom stereocenters. The standard InChI is InChI=1S/C12H13NO6/c1-12(2,3)11(16)19-9-5-4-7(10(14)15)6-8(9)13(17)18/h4-6H,1-3H3,(H,14,15). The average Bonchev–Trinajstić information content (AvgIpc) is 2.27. The Morgan fingerprint density at radius 3 is 2.32 bits per heavy atom. The summed E-state index contributed by atoms with van der Waals surface area (Å²) in [7, 11) is 0. The van der Waals surface area contributed by atoms with Gasteiger partial charge in [-0.2, -0.15) is 0 Å². The van der Waals surface area contributed by atoms with E-state index >= 15 is 0 Å². The third-order valence-electron chi connectivity index (χ3n) is 2.22. The molecular formula is C12H13NO6. The third kappa shape index (κ3) is 3.51. The fourth-order valence-corrected chi connectivity index (χ4v) is 1.13. The first-order valence-corrected chi connectivity index (χ1v) is 5.37. The zero-order valence-electron chi connectivity index (χ0n) is 10.7. The Hall–Kier alpha value is -2.44. The Balaban J connectivity index is 3.18. The molecule has 1 rings (SSSR count). The van der Waals surface area contributed by atoms with Crippen molar-refractivity contribution in [3.8, 4) is 5.75 Å². The molecule has 0 saturated heterocycles. The van der Waals surface area contributed by atoms with E-state index in [4.69, 9.17) is 9.84 Å². The highest BCUT2D eigenvalue weighted by Crippen LogP contribution is 2.30. The summed E-state index contributed by atoms with van der Waals surface area (Å²) in [5.74, 6) is -2.20. The Bertz CT molecular complexity index is 544. The van der Waals surface area contributed by atoms with Crippen LogP contribution in [0, 0.1) is 15.5 Å². The molecule has 0 bridgehead atoms. The van der Waals surface area contributed by atoms with E-state index < -0.39 is 28.0 Å². The fourth-order valence-electron chi connectivity index (χ4n) is 1.13. The van der Waals surface area contributed by atoms with Gasteiger partial charge in [-0.15, -0.1) is 0 Å². The van der Waals surface area contributed by atoms with Gasteiger partial charge in [-0.25, -0.2) is 4.79 Å². The molecule has 0 unspecified atom stereocenters. The highest BCUT2D eigenvalue weighted by molar-refractivity contribution is 5.89. The molecule has 0 saturated carbocycles. The first-order valence-electron chi connectivity index (χ1n) is 5.37. The van der Waals surface area contributed by atoms with Crippen molar-refractivity contribution in [1.82, 2.24) is 0 Å². The molecule has 0 amide bonds. The van der Waals surface area contributed by atoms with E-state index in [1.807, 2.05) is 0 Å². The van der Waals surface area contributed by atoms with Gasteiger partial charge in [0, 0.05) is 6.07 Å². The van der Waals surface area contributed by atoms with Crippen LogP contribution in [0.1, 0.15) is 31.1 Å². The molecule has 7 nitrogen and oxygen atoms in total. The maximum atomic E-state index is 11.7. The normalized spacial score (nSPS) is 10.9. The molecule has 0 spiro atoms. The first kappa shape index (κ1) is 14.6. The lowest BCUT2D eigenvalue weighted by molar-refractivity contribution is -0.385. The van der Waals surface area contributed by atoms with Crippen molar-refractivity contribution in [2.75, 3.05) is 0 Å². The van der Waals surface area contributed by atoms with Gasteiger partial charge in [0.25, 0.3) is 0 Å². The minimum absolute atomic E-state index is 0.248. The van der Waals surface area contributed by atoms with Gasteiger partial charge in [-0.05, 0) is 32.9 Å². The lowest BCUT2D eigenvalue weighted by Crippen LogP contribution is -2.25. The second-order valence-electron chi connectivity index (χ2n) is 4.88. The van der Waals surface area contributed by atoms with Crippen LogP contribution < -0.4 is 4.74 Å². The topological polar surface area (TPSA) is 107 Å². The van der Waals surface area contributed by atoms with Crippen molar-refractivity contribution in [3.05, 3.63) is 33.9 Å².